The maximum atomic E-state index is 11.2. The molecule has 0 radical (unpaired) electrons. The maximum absolute atomic E-state index is 11.2. The summed E-state index contributed by atoms with van der Waals surface area (Å²) in [7, 11) is 1.56. The number of rotatable bonds is 4. The first-order valence-corrected chi connectivity index (χ1v) is 4.64. The fourth-order valence-electron chi connectivity index (χ4n) is 1.16. The summed E-state index contributed by atoms with van der Waals surface area (Å²) >= 11 is 0. The number of nitrogens with zero attached hydrogens (tertiary/aromatic N) is 1. The Balaban J connectivity index is 2.55. The van der Waals surface area contributed by atoms with Gasteiger partial charge < -0.3 is 9.88 Å². The second kappa shape index (κ2) is 5.14. The standard InChI is InChI=1S/C9H13N3O3/c1-10-7(13)3-2-5-12-6-4-8(14)11-9(12)15/h4,6H,2-3,5H2,1H3,(H,10,13)(H,11,14,15). The predicted molar refractivity (Wildman–Crippen MR) is 54.6 cm³/mol. The van der Waals surface area contributed by atoms with E-state index in [0.29, 0.717) is 19.4 Å². The molecule has 0 unspecified atom stereocenters. The molecule has 0 atom stereocenters. The highest BCUT2D eigenvalue weighted by Gasteiger charge is 1.99. The van der Waals surface area contributed by atoms with Gasteiger partial charge in [-0.1, -0.05) is 0 Å². The van der Waals surface area contributed by atoms with Crippen LogP contribution in [0.3, 0.4) is 0 Å². The van der Waals surface area contributed by atoms with Crippen LogP contribution >= 0.6 is 0 Å². The van der Waals surface area contributed by atoms with Crippen LogP contribution in [0.5, 0.6) is 0 Å². The first-order chi connectivity index (χ1) is 7.13. The summed E-state index contributed by atoms with van der Waals surface area (Å²) < 4.78 is 1.37. The van der Waals surface area contributed by atoms with Crippen molar-refractivity contribution < 1.29 is 4.79 Å². The number of aromatic amines is 1. The van der Waals surface area contributed by atoms with Crippen LogP contribution in [0.2, 0.25) is 0 Å². The minimum Gasteiger partial charge on any atom is -0.359 e. The van der Waals surface area contributed by atoms with Crippen molar-refractivity contribution in [3.63, 3.8) is 0 Å². The quantitative estimate of drug-likeness (QED) is 0.674. The topological polar surface area (TPSA) is 84.0 Å². The molecule has 15 heavy (non-hydrogen) atoms. The van der Waals surface area contributed by atoms with Crippen molar-refractivity contribution in [1.82, 2.24) is 14.9 Å². The fraction of sp³-hybridized carbons (Fsp3) is 0.444. The molecule has 1 heterocycles. The Morgan fingerprint density at radius 3 is 2.87 bits per heavy atom. The van der Waals surface area contributed by atoms with Crippen LogP contribution in [-0.4, -0.2) is 22.5 Å². The van der Waals surface area contributed by atoms with Crippen molar-refractivity contribution in [3.05, 3.63) is 33.1 Å². The maximum Gasteiger partial charge on any atom is 0.328 e. The number of aromatic nitrogens is 2. The SMILES string of the molecule is CNC(=O)CCCn1ccc(=O)[nH]c1=O. The monoisotopic (exact) mass is 211 g/mol. The van der Waals surface area contributed by atoms with Gasteiger partial charge >= 0.3 is 5.69 Å². The summed E-state index contributed by atoms with van der Waals surface area (Å²) in [5.74, 6) is -0.0625. The normalized spacial score (nSPS) is 9.93. The molecule has 0 saturated heterocycles. The van der Waals surface area contributed by atoms with Crippen molar-refractivity contribution in [3.8, 4) is 0 Å². The Morgan fingerprint density at radius 1 is 1.53 bits per heavy atom. The lowest BCUT2D eigenvalue weighted by Crippen LogP contribution is -2.29. The third-order valence-corrected chi connectivity index (χ3v) is 1.98. The molecule has 1 amide bonds. The lowest BCUT2D eigenvalue weighted by Gasteiger charge is -2.03. The van der Waals surface area contributed by atoms with E-state index in [1.165, 1.54) is 16.8 Å². The Kier molecular flexibility index (Phi) is 3.84. The Bertz CT molecular complexity index is 446. The highest BCUT2D eigenvalue weighted by atomic mass is 16.2. The second-order valence-electron chi connectivity index (χ2n) is 3.08. The summed E-state index contributed by atoms with van der Waals surface area (Å²) in [4.78, 5) is 35.0. The number of nitrogens with one attached hydrogen (secondary N) is 2. The molecule has 0 bridgehead atoms. The number of carbonyl (C=O) groups excluding carboxylic acids is 1. The predicted octanol–water partition coefficient (Wildman–Crippen LogP) is -0.937. The van der Waals surface area contributed by atoms with E-state index in [9.17, 15) is 14.4 Å². The van der Waals surface area contributed by atoms with Crippen LogP contribution in [-0.2, 0) is 11.3 Å². The molecule has 1 aromatic rings. The minimum atomic E-state index is -0.445. The molecular weight excluding hydrogens is 198 g/mol. The van der Waals surface area contributed by atoms with Gasteiger partial charge in [0.1, 0.15) is 0 Å². The summed E-state index contributed by atoms with van der Waals surface area (Å²) in [5.41, 5.74) is -0.859. The van der Waals surface area contributed by atoms with Crippen LogP contribution in [0.4, 0.5) is 0 Å². The van der Waals surface area contributed by atoms with Crippen LogP contribution in [0.15, 0.2) is 21.9 Å². The summed E-state index contributed by atoms with van der Waals surface area (Å²) in [6, 6.07) is 1.28. The first kappa shape index (κ1) is 11.2. The van der Waals surface area contributed by atoms with Gasteiger partial charge in [0, 0.05) is 32.3 Å². The number of hydrogen-bond donors (Lipinski definition) is 2. The van der Waals surface area contributed by atoms with E-state index in [4.69, 9.17) is 0 Å². The molecule has 2 N–H and O–H groups in total. The third-order valence-electron chi connectivity index (χ3n) is 1.98. The Morgan fingerprint density at radius 2 is 2.27 bits per heavy atom. The zero-order chi connectivity index (χ0) is 11.3. The van der Waals surface area contributed by atoms with E-state index in [1.54, 1.807) is 7.05 Å². The largest absolute Gasteiger partial charge is 0.359 e. The molecule has 6 nitrogen and oxygen atoms in total. The number of carbonyl (C=O) groups is 1. The molecule has 0 saturated carbocycles. The van der Waals surface area contributed by atoms with Crippen molar-refractivity contribution in [1.29, 1.82) is 0 Å². The van der Waals surface area contributed by atoms with E-state index in [1.807, 2.05) is 0 Å². The van der Waals surface area contributed by atoms with E-state index in [2.05, 4.69) is 10.3 Å². The van der Waals surface area contributed by atoms with Gasteiger partial charge in [-0.25, -0.2) is 4.79 Å². The van der Waals surface area contributed by atoms with Gasteiger partial charge in [-0.15, -0.1) is 0 Å². The first-order valence-electron chi connectivity index (χ1n) is 4.64. The molecule has 0 aliphatic heterocycles. The van der Waals surface area contributed by atoms with E-state index < -0.39 is 11.2 Å². The summed E-state index contributed by atoms with van der Waals surface area (Å²) in [5, 5.41) is 2.49. The van der Waals surface area contributed by atoms with Crippen LogP contribution < -0.4 is 16.6 Å². The van der Waals surface area contributed by atoms with E-state index in [0.717, 1.165) is 0 Å². The highest BCUT2D eigenvalue weighted by Crippen LogP contribution is 1.91. The Labute approximate surface area is 85.9 Å². The zero-order valence-corrected chi connectivity index (χ0v) is 8.45. The molecule has 0 aliphatic rings. The number of H-pyrrole nitrogens is 1. The second-order valence-corrected chi connectivity index (χ2v) is 3.08. The van der Waals surface area contributed by atoms with Crippen LogP contribution in [0, 0.1) is 0 Å². The average molecular weight is 211 g/mol. The van der Waals surface area contributed by atoms with Crippen molar-refractivity contribution >= 4 is 5.91 Å². The van der Waals surface area contributed by atoms with Gasteiger partial charge in [0.15, 0.2) is 0 Å². The van der Waals surface area contributed by atoms with E-state index >= 15 is 0 Å². The van der Waals surface area contributed by atoms with Gasteiger partial charge in [-0.05, 0) is 6.42 Å². The smallest absolute Gasteiger partial charge is 0.328 e. The highest BCUT2D eigenvalue weighted by molar-refractivity contribution is 5.75. The van der Waals surface area contributed by atoms with Crippen molar-refractivity contribution in [2.75, 3.05) is 7.05 Å². The molecule has 0 aliphatic carbocycles. The number of aryl methyl sites for hydroxylation is 1. The van der Waals surface area contributed by atoms with Gasteiger partial charge in [-0.3, -0.25) is 14.6 Å². The lowest BCUT2D eigenvalue weighted by molar-refractivity contribution is -0.120. The number of amides is 1. The van der Waals surface area contributed by atoms with Gasteiger partial charge in [0.05, 0.1) is 0 Å². The molecule has 82 valence electrons. The molecular formula is C9H13N3O3. The van der Waals surface area contributed by atoms with Crippen molar-refractivity contribution in [2.24, 2.45) is 0 Å². The molecule has 0 spiro atoms. The van der Waals surface area contributed by atoms with E-state index in [-0.39, 0.29) is 5.91 Å². The molecule has 0 aromatic carbocycles. The van der Waals surface area contributed by atoms with Gasteiger partial charge in [0.25, 0.3) is 5.56 Å². The van der Waals surface area contributed by atoms with Crippen molar-refractivity contribution in [2.45, 2.75) is 19.4 Å². The van der Waals surface area contributed by atoms with Gasteiger partial charge in [-0.2, -0.15) is 0 Å². The third kappa shape index (κ3) is 3.41. The zero-order valence-electron chi connectivity index (χ0n) is 8.45. The minimum absolute atomic E-state index is 0.0625. The fourth-order valence-corrected chi connectivity index (χ4v) is 1.16. The molecule has 1 aromatic heterocycles. The van der Waals surface area contributed by atoms with Gasteiger partial charge in [0.2, 0.25) is 5.91 Å². The average Bonchev–Trinajstić information content (AvgIpc) is 2.21. The summed E-state index contributed by atoms with van der Waals surface area (Å²) in [6.07, 6.45) is 2.35. The van der Waals surface area contributed by atoms with Crippen LogP contribution in [0.25, 0.3) is 0 Å². The lowest BCUT2D eigenvalue weighted by atomic mass is 10.3. The number of hydrogen-bond acceptors (Lipinski definition) is 3. The molecule has 1 rings (SSSR count). The molecule has 6 heteroatoms. The summed E-state index contributed by atoms with van der Waals surface area (Å²) in [6.45, 7) is 0.420. The van der Waals surface area contributed by atoms with Crippen LogP contribution in [0.1, 0.15) is 12.8 Å². The molecule has 0 fully saturated rings. The Hall–Kier alpha value is -1.85.